The molecule has 1 aromatic carbocycles. The number of ether oxygens (including phenoxy) is 1. The molecule has 26 heavy (non-hydrogen) atoms. The number of thioether (sulfide) groups is 1. The third-order valence-corrected chi connectivity index (χ3v) is 4.74. The van der Waals surface area contributed by atoms with Crippen molar-refractivity contribution in [3.63, 3.8) is 0 Å². The van der Waals surface area contributed by atoms with E-state index in [-0.39, 0.29) is 9.84 Å². The molecule has 0 atom stereocenters. The van der Waals surface area contributed by atoms with Gasteiger partial charge in [0, 0.05) is 0 Å². The van der Waals surface area contributed by atoms with Crippen LogP contribution in [-0.2, 0) is 10.0 Å². The number of nitrogens with zero attached hydrogens (tertiary/aromatic N) is 3. The van der Waals surface area contributed by atoms with E-state index in [0.717, 1.165) is 36.0 Å². The van der Waals surface area contributed by atoms with Gasteiger partial charge in [-0.25, -0.2) is 22.7 Å². The minimum atomic E-state index is -5.15. The van der Waals surface area contributed by atoms with E-state index in [0.29, 0.717) is 4.68 Å². The van der Waals surface area contributed by atoms with Crippen molar-refractivity contribution in [1.29, 1.82) is 0 Å². The molecule has 0 unspecified atom stereocenters. The first-order valence-electron chi connectivity index (χ1n) is 6.39. The zero-order chi connectivity index (χ0) is 19.7. The van der Waals surface area contributed by atoms with Gasteiger partial charge >= 0.3 is 18.1 Å². The summed E-state index contributed by atoms with van der Waals surface area (Å²) in [6, 6.07) is 2.23. The second-order valence-electron chi connectivity index (χ2n) is 4.46. The Hall–Kier alpha value is -2.68. The van der Waals surface area contributed by atoms with Crippen LogP contribution in [0.25, 0.3) is 0 Å². The Morgan fingerprint density at radius 1 is 1.35 bits per heavy atom. The van der Waals surface area contributed by atoms with Crippen molar-refractivity contribution >= 4 is 27.8 Å². The number of nitrogen functional groups attached to an aromatic ring is 1. The molecule has 0 fully saturated rings. The monoisotopic (exact) mass is 413 g/mol. The maximum Gasteiger partial charge on any atom is 0.573 e. The summed E-state index contributed by atoms with van der Waals surface area (Å²) < 4.78 is 67.3. The average molecular weight is 413 g/mol. The number of hydrogen-bond donors (Lipinski definition) is 2. The molecule has 0 spiro atoms. The summed E-state index contributed by atoms with van der Waals surface area (Å²) in [6.45, 7) is 0. The van der Waals surface area contributed by atoms with Crippen molar-refractivity contribution in [1.82, 2.24) is 19.2 Å². The van der Waals surface area contributed by atoms with Gasteiger partial charge in [0.25, 0.3) is 10.0 Å². The number of para-hydroxylation sites is 1. The summed E-state index contributed by atoms with van der Waals surface area (Å²) in [7, 11) is -4.82. The van der Waals surface area contributed by atoms with Gasteiger partial charge in [-0.1, -0.05) is 23.9 Å². The first-order chi connectivity index (χ1) is 12.0. The first-order valence-corrected chi connectivity index (χ1v) is 9.10. The number of carbonyl (C=O) groups is 1. The lowest BCUT2D eigenvalue weighted by Crippen LogP contribution is -2.41. The highest BCUT2D eigenvalue weighted by atomic mass is 32.2. The number of sulfonamides is 1. The average Bonchev–Trinajstić information content (AvgIpc) is 2.81. The van der Waals surface area contributed by atoms with E-state index in [1.54, 1.807) is 0 Å². The van der Waals surface area contributed by atoms with E-state index >= 15 is 0 Å². The fourth-order valence-corrected chi connectivity index (χ4v) is 3.22. The van der Waals surface area contributed by atoms with Crippen LogP contribution in [0.15, 0.2) is 39.1 Å². The quantitative estimate of drug-likeness (QED) is 0.540. The second-order valence-corrected chi connectivity index (χ2v) is 6.88. The van der Waals surface area contributed by atoms with Crippen molar-refractivity contribution < 1.29 is 31.1 Å². The van der Waals surface area contributed by atoms with Gasteiger partial charge in [0.15, 0.2) is 0 Å². The molecule has 0 bridgehead atoms. The van der Waals surface area contributed by atoms with Crippen molar-refractivity contribution in [3.8, 4) is 5.75 Å². The number of carbonyl (C=O) groups excluding carboxylic acids is 1. The lowest BCUT2D eigenvalue weighted by Gasteiger charge is -2.13. The predicted octanol–water partition coefficient (Wildman–Crippen LogP) is 0.326. The third kappa shape index (κ3) is 4.10. The fourth-order valence-electron chi connectivity index (χ4n) is 1.73. The Kier molecular flexibility index (Phi) is 5.22. The van der Waals surface area contributed by atoms with Crippen molar-refractivity contribution in [2.45, 2.75) is 16.4 Å². The second kappa shape index (κ2) is 6.91. The van der Waals surface area contributed by atoms with E-state index in [2.05, 4.69) is 9.84 Å². The molecule has 3 N–H and O–H groups in total. The minimum Gasteiger partial charge on any atom is -0.404 e. The molecule has 15 heteroatoms. The van der Waals surface area contributed by atoms with Crippen molar-refractivity contribution in [3.05, 3.63) is 34.7 Å². The Morgan fingerprint density at radius 3 is 2.50 bits per heavy atom. The highest BCUT2D eigenvalue weighted by Crippen LogP contribution is 2.29. The zero-order valence-electron chi connectivity index (χ0n) is 12.7. The predicted molar refractivity (Wildman–Crippen MR) is 82.7 cm³/mol. The van der Waals surface area contributed by atoms with Gasteiger partial charge < -0.3 is 10.6 Å². The van der Waals surface area contributed by atoms with E-state index < -0.39 is 38.8 Å². The standard InChI is InChI=1S/C11H10F3N5O5S2/c1-25-9-16-19(10(21)18(9)15)8(20)17-26(22,23)7-5-3-2-4-6(7)24-11(12,13)14/h2-5H,15H2,1H3,(H,17,20). The third-order valence-electron chi connectivity index (χ3n) is 2.74. The molecule has 1 amide bonds. The van der Waals surface area contributed by atoms with Crippen LogP contribution in [0.2, 0.25) is 0 Å². The summed E-state index contributed by atoms with van der Waals surface area (Å²) >= 11 is 0.903. The molecule has 142 valence electrons. The first kappa shape index (κ1) is 19.6. The molecular formula is C11H10F3N5O5S2. The maximum absolute atomic E-state index is 12.4. The molecule has 0 aliphatic carbocycles. The molecule has 0 radical (unpaired) electrons. The number of rotatable bonds is 4. The van der Waals surface area contributed by atoms with Gasteiger partial charge in [0.05, 0.1) is 0 Å². The lowest BCUT2D eigenvalue weighted by atomic mass is 10.3. The zero-order valence-corrected chi connectivity index (χ0v) is 14.4. The van der Waals surface area contributed by atoms with Gasteiger partial charge in [-0.05, 0) is 18.4 Å². The molecule has 1 heterocycles. The van der Waals surface area contributed by atoms with Crippen LogP contribution >= 0.6 is 11.8 Å². The Morgan fingerprint density at radius 2 is 1.96 bits per heavy atom. The van der Waals surface area contributed by atoms with Crippen LogP contribution in [0.3, 0.4) is 0 Å². The molecule has 1 aromatic heterocycles. The number of amides is 1. The van der Waals surface area contributed by atoms with Gasteiger partial charge in [-0.15, -0.1) is 23.0 Å². The van der Waals surface area contributed by atoms with E-state index in [1.807, 2.05) is 0 Å². The molecule has 0 saturated heterocycles. The van der Waals surface area contributed by atoms with Crippen LogP contribution in [0.5, 0.6) is 5.75 Å². The van der Waals surface area contributed by atoms with Crippen LogP contribution in [0, 0.1) is 0 Å². The summed E-state index contributed by atoms with van der Waals surface area (Å²) in [6.07, 6.45) is -3.66. The molecule has 0 saturated carbocycles. The molecule has 2 aromatic rings. The number of hydrogen-bond acceptors (Lipinski definition) is 8. The highest BCUT2D eigenvalue weighted by Gasteiger charge is 2.34. The minimum absolute atomic E-state index is 0.0941. The number of benzene rings is 1. The smallest absolute Gasteiger partial charge is 0.404 e. The highest BCUT2D eigenvalue weighted by molar-refractivity contribution is 7.98. The van der Waals surface area contributed by atoms with Gasteiger partial charge in [0.1, 0.15) is 10.6 Å². The Bertz CT molecular complexity index is 998. The van der Waals surface area contributed by atoms with E-state index in [4.69, 9.17) is 5.84 Å². The number of halogens is 3. The Labute approximate surface area is 147 Å². The number of aromatic nitrogens is 3. The van der Waals surface area contributed by atoms with E-state index in [9.17, 15) is 31.2 Å². The lowest BCUT2D eigenvalue weighted by molar-refractivity contribution is -0.275. The van der Waals surface area contributed by atoms with Gasteiger partial charge in [0.2, 0.25) is 5.16 Å². The number of alkyl halides is 3. The normalized spacial score (nSPS) is 12.0. The van der Waals surface area contributed by atoms with Crippen molar-refractivity contribution in [2.75, 3.05) is 12.1 Å². The summed E-state index contributed by atoms with van der Waals surface area (Å²) in [4.78, 5) is 22.8. The van der Waals surface area contributed by atoms with Crippen LogP contribution in [-0.4, -0.2) is 41.5 Å². The summed E-state index contributed by atoms with van der Waals surface area (Å²) in [5.74, 6) is 4.29. The summed E-state index contributed by atoms with van der Waals surface area (Å²) in [5.41, 5.74) is -1.15. The summed E-state index contributed by atoms with van der Waals surface area (Å²) in [5, 5.41) is 3.41. The Balaban J connectivity index is 2.38. The van der Waals surface area contributed by atoms with Crippen molar-refractivity contribution in [2.24, 2.45) is 0 Å². The molecular weight excluding hydrogens is 403 g/mol. The molecule has 10 nitrogen and oxygen atoms in total. The molecule has 0 aliphatic heterocycles. The topological polar surface area (TPSA) is 138 Å². The van der Waals surface area contributed by atoms with Crippen LogP contribution in [0.4, 0.5) is 18.0 Å². The fraction of sp³-hybridized carbons (Fsp3) is 0.182. The maximum atomic E-state index is 12.4. The largest absolute Gasteiger partial charge is 0.573 e. The number of nitrogens with two attached hydrogens (primary N) is 1. The van der Waals surface area contributed by atoms with E-state index in [1.165, 1.54) is 11.0 Å². The van der Waals surface area contributed by atoms with Crippen LogP contribution in [0.1, 0.15) is 0 Å². The molecule has 2 rings (SSSR count). The van der Waals surface area contributed by atoms with Gasteiger partial charge in [-0.3, -0.25) is 0 Å². The van der Waals surface area contributed by atoms with Gasteiger partial charge in [-0.2, -0.15) is 4.68 Å². The molecule has 0 aliphatic rings. The van der Waals surface area contributed by atoms with Crippen LogP contribution < -0.4 is 21.0 Å². The number of nitrogens with one attached hydrogen (secondary N) is 1. The SMILES string of the molecule is CSc1nn(C(=O)NS(=O)(=O)c2ccccc2OC(F)(F)F)c(=O)n1N.